The number of hydrogen-bond donors (Lipinski definition) is 0. The van der Waals surface area contributed by atoms with Gasteiger partial charge in [0.15, 0.2) is 0 Å². The summed E-state index contributed by atoms with van der Waals surface area (Å²) in [6.07, 6.45) is 3.51. The molecule has 1 aliphatic heterocycles. The standard InChI is InChI=1S/C17H14ClN3OS/c18-15-10-11(7-8-19-15)17(22)21-9-3-5-13(21)16-20-12-4-1-2-6-14(12)23-16/h1-2,4,6-8,10,13H,3,5,9H2/t13-/m0/s1. The Morgan fingerprint density at radius 1 is 1.30 bits per heavy atom. The number of aromatic nitrogens is 2. The average Bonchev–Trinajstić information content (AvgIpc) is 3.20. The van der Waals surface area contributed by atoms with Gasteiger partial charge in [0, 0.05) is 18.3 Å². The molecule has 3 heterocycles. The number of carbonyl (C=O) groups excluding carboxylic acids is 1. The predicted octanol–water partition coefficient (Wildman–Crippen LogP) is 4.32. The van der Waals surface area contributed by atoms with Crippen LogP contribution in [-0.4, -0.2) is 27.3 Å². The van der Waals surface area contributed by atoms with E-state index in [9.17, 15) is 4.79 Å². The number of rotatable bonds is 2. The highest BCUT2D eigenvalue weighted by atomic mass is 35.5. The largest absolute Gasteiger partial charge is 0.329 e. The molecular weight excluding hydrogens is 330 g/mol. The molecule has 1 saturated heterocycles. The first-order valence-electron chi connectivity index (χ1n) is 7.50. The zero-order valence-electron chi connectivity index (χ0n) is 12.3. The van der Waals surface area contributed by atoms with Crippen molar-refractivity contribution in [3.63, 3.8) is 0 Å². The monoisotopic (exact) mass is 343 g/mol. The number of hydrogen-bond acceptors (Lipinski definition) is 4. The summed E-state index contributed by atoms with van der Waals surface area (Å²) in [4.78, 5) is 23.4. The van der Waals surface area contributed by atoms with Gasteiger partial charge in [-0.3, -0.25) is 4.79 Å². The van der Waals surface area contributed by atoms with Crippen molar-refractivity contribution in [1.82, 2.24) is 14.9 Å². The quantitative estimate of drug-likeness (QED) is 0.651. The number of benzene rings is 1. The first-order chi connectivity index (χ1) is 11.2. The molecule has 1 fully saturated rings. The summed E-state index contributed by atoms with van der Waals surface area (Å²) in [7, 11) is 0. The van der Waals surface area contributed by atoms with E-state index in [1.807, 2.05) is 23.1 Å². The van der Waals surface area contributed by atoms with Gasteiger partial charge in [0.2, 0.25) is 0 Å². The minimum absolute atomic E-state index is 0.00365. The summed E-state index contributed by atoms with van der Waals surface area (Å²) < 4.78 is 1.16. The molecule has 0 spiro atoms. The molecule has 4 nitrogen and oxygen atoms in total. The Morgan fingerprint density at radius 3 is 3.00 bits per heavy atom. The fourth-order valence-electron chi connectivity index (χ4n) is 3.00. The molecule has 1 aromatic carbocycles. The van der Waals surface area contributed by atoms with Gasteiger partial charge in [-0.25, -0.2) is 9.97 Å². The second-order valence-corrected chi connectivity index (χ2v) is 6.99. The van der Waals surface area contributed by atoms with Crippen molar-refractivity contribution in [2.24, 2.45) is 0 Å². The van der Waals surface area contributed by atoms with Crippen LogP contribution in [0.3, 0.4) is 0 Å². The summed E-state index contributed by atoms with van der Waals surface area (Å²) in [5, 5.41) is 1.35. The van der Waals surface area contributed by atoms with Crippen molar-refractivity contribution in [1.29, 1.82) is 0 Å². The van der Waals surface area contributed by atoms with E-state index in [0.29, 0.717) is 10.7 Å². The molecule has 0 N–H and O–H groups in total. The van der Waals surface area contributed by atoms with Crippen molar-refractivity contribution < 1.29 is 4.79 Å². The minimum atomic E-state index is -0.00365. The van der Waals surface area contributed by atoms with E-state index in [1.54, 1.807) is 29.7 Å². The number of nitrogens with zero attached hydrogens (tertiary/aromatic N) is 3. The van der Waals surface area contributed by atoms with E-state index in [2.05, 4.69) is 11.1 Å². The second-order valence-electron chi connectivity index (χ2n) is 5.54. The van der Waals surface area contributed by atoms with Crippen LogP contribution in [0.1, 0.15) is 34.2 Å². The fourth-order valence-corrected chi connectivity index (χ4v) is 4.29. The van der Waals surface area contributed by atoms with E-state index >= 15 is 0 Å². The van der Waals surface area contributed by atoms with Crippen molar-refractivity contribution in [2.75, 3.05) is 6.54 Å². The van der Waals surface area contributed by atoms with Crippen molar-refractivity contribution in [3.8, 4) is 0 Å². The van der Waals surface area contributed by atoms with Crippen LogP contribution in [0.15, 0.2) is 42.6 Å². The lowest BCUT2D eigenvalue weighted by atomic mass is 10.2. The molecule has 23 heavy (non-hydrogen) atoms. The van der Waals surface area contributed by atoms with Crippen LogP contribution in [0.4, 0.5) is 0 Å². The molecule has 1 aliphatic rings. The third-order valence-electron chi connectivity index (χ3n) is 4.08. The maximum absolute atomic E-state index is 12.8. The number of likely N-dealkylation sites (tertiary alicyclic amines) is 1. The molecule has 3 aromatic rings. The van der Waals surface area contributed by atoms with E-state index < -0.39 is 0 Å². The summed E-state index contributed by atoms with van der Waals surface area (Å²) in [6.45, 7) is 0.749. The van der Waals surface area contributed by atoms with Crippen molar-refractivity contribution >= 4 is 39.1 Å². The Morgan fingerprint density at radius 2 is 2.17 bits per heavy atom. The Bertz CT molecular complexity index is 846. The van der Waals surface area contributed by atoms with E-state index in [0.717, 1.165) is 34.6 Å². The van der Waals surface area contributed by atoms with Gasteiger partial charge in [-0.1, -0.05) is 23.7 Å². The third-order valence-corrected chi connectivity index (χ3v) is 5.43. The van der Waals surface area contributed by atoms with Crippen LogP contribution in [0.25, 0.3) is 10.2 Å². The maximum Gasteiger partial charge on any atom is 0.254 e. The van der Waals surface area contributed by atoms with Gasteiger partial charge in [-0.2, -0.15) is 0 Å². The zero-order valence-corrected chi connectivity index (χ0v) is 13.8. The van der Waals surface area contributed by atoms with Crippen LogP contribution < -0.4 is 0 Å². The maximum atomic E-state index is 12.8. The van der Waals surface area contributed by atoms with E-state index in [4.69, 9.17) is 16.6 Å². The molecule has 6 heteroatoms. The number of thiazole rings is 1. The summed E-state index contributed by atoms with van der Waals surface area (Å²) in [5.74, 6) is -0.00365. The summed E-state index contributed by atoms with van der Waals surface area (Å²) in [6, 6.07) is 11.5. The molecule has 1 amide bonds. The van der Waals surface area contributed by atoms with Crippen LogP contribution in [0, 0.1) is 0 Å². The topological polar surface area (TPSA) is 46.1 Å². The fraction of sp³-hybridized carbons (Fsp3) is 0.235. The van der Waals surface area contributed by atoms with E-state index in [1.165, 1.54) is 0 Å². The van der Waals surface area contributed by atoms with Gasteiger partial charge >= 0.3 is 0 Å². The van der Waals surface area contributed by atoms with Crippen molar-refractivity contribution in [3.05, 3.63) is 58.3 Å². The van der Waals surface area contributed by atoms with Gasteiger partial charge in [-0.15, -0.1) is 11.3 Å². The number of halogens is 1. The van der Waals surface area contributed by atoms with Crippen LogP contribution >= 0.6 is 22.9 Å². The highest BCUT2D eigenvalue weighted by molar-refractivity contribution is 7.18. The lowest BCUT2D eigenvalue weighted by Crippen LogP contribution is -2.30. The van der Waals surface area contributed by atoms with Gasteiger partial charge in [0.05, 0.1) is 16.3 Å². The van der Waals surface area contributed by atoms with Gasteiger partial charge in [-0.05, 0) is 37.1 Å². The van der Waals surface area contributed by atoms with Crippen LogP contribution in [0.5, 0.6) is 0 Å². The van der Waals surface area contributed by atoms with Crippen LogP contribution in [-0.2, 0) is 0 Å². The Balaban J connectivity index is 1.67. The molecule has 0 radical (unpaired) electrons. The molecule has 2 aromatic heterocycles. The molecule has 116 valence electrons. The summed E-state index contributed by atoms with van der Waals surface area (Å²) >= 11 is 7.58. The van der Waals surface area contributed by atoms with Crippen LogP contribution in [0.2, 0.25) is 5.15 Å². The van der Waals surface area contributed by atoms with Gasteiger partial charge in [0.25, 0.3) is 5.91 Å². The lowest BCUT2D eigenvalue weighted by Gasteiger charge is -2.23. The zero-order chi connectivity index (χ0) is 15.8. The molecule has 0 unspecified atom stereocenters. The normalized spacial score (nSPS) is 17.8. The number of pyridine rings is 1. The first kappa shape index (κ1) is 14.6. The number of fused-ring (bicyclic) bond motifs is 1. The number of para-hydroxylation sites is 1. The lowest BCUT2D eigenvalue weighted by molar-refractivity contribution is 0.0735. The molecule has 0 saturated carbocycles. The second kappa shape index (κ2) is 5.91. The Kier molecular flexibility index (Phi) is 3.75. The third kappa shape index (κ3) is 2.71. The SMILES string of the molecule is O=C(c1ccnc(Cl)c1)N1CCC[C@H]1c1nc2ccccc2s1. The minimum Gasteiger partial charge on any atom is -0.329 e. The number of carbonyl (C=O) groups is 1. The molecule has 1 atom stereocenters. The highest BCUT2D eigenvalue weighted by Crippen LogP contribution is 2.37. The van der Waals surface area contributed by atoms with Gasteiger partial charge in [0.1, 0.15) is 10.2 Å². The molecular formula is C17H14ClN3OS. The van der Waals surface area contributed by atoms with Gasteiger partial charge < -0.3 is 4.90 Å². The summed E-state index contributed by atoms with van der Waals surface area (Å²) in [5.41, 5.74) is 1.58. The average molecular weight is 344 g/mol. The number of amides is 1. The first-order valence-corrected chi connectivity index (χ1v) is 8.70. The Labute approximate surface area is 142 Å². The predicted molar refractivity (Wildman–Crippen MR) is 91.9 cm³/mol. The van der Waals surface area contributed by atoms with Crippen molar-refractivity contribution in [2.45, 2.75) is 18.9 Å². The molecule has 4 rings (SSSR count). The highest BCUT2D eigenvalue weighted by Gasteiger charge is 2.32. The Hall–Kier alpha value is -1.98. The van der Waals surface area contributed by atoms with E-state index in [-0.39, 0.29) is 11.9 Å². The molecule has 0 bridgehead atoms. The smallest absolute Gasteiger partial charge is 0.254 e. The molecule has 0 aliphatic carbocycles.